The van der Waals surface area contributed by atoms with Crippen molar-refractivity contribution < 1.29 is 32.4 Å². The van der Waals surface area contributed by atoms with Gasteiger partial charge >= 0.3 is 19.5 Å². The molecule has 1 aliphatic rings. The molecular weight excluding hydrogens is 479 g/mol. The van der Waals surface area contributed by atoms with E-state index >= 15 is 0 Å². The van der Waals surface area contributed by atoms with Crippen molar-refractivity contribution in [3.05, 3.63) is 63.4 Å². The quantitative estimate of drug-likeness (QED) is 0.295. The van der Waals surface area contributed by atoms with Crippen molar-refractivity contribution in [3.8, 4) is 5.75 Å². The van der Waals surface area contributed by atoms with E-state index in [9.17, 15) is 18.9 Å². The summed E-state index contributed by atoms with van der Waals surface area (Å²) in [6.07, 6.45) is -0.127. The molecule has 13 heteroatoms. The Bertz CT molecular complexity index is 1120. The summed E-state index contributed by atoms with van der Waals surface area (Å²) in [5.74, 6) is -0.530. The maximum atomic E-state index is 13.2. The van der Waals surface area contributed by atoms with Crippen molar-refractivity contribution in [2.75, 3.05) is 19.8 Å². The number of benzene rings is 1. The molecule has 0 amide bonds. The molecule has 11 nitrogen and oxygen atoms in total. The molecule has 1 fully saturated rings. The third kappa shape index (κ3) is 6.78. The van der Waals surface area contributed by atoms with Gasteiger partial charge in [0.05, 0.1) is 24.2 Å². The number of rotatable bonds is 10. The number of carbonyl (C=O) groups is 1. The van der Waals surface area contributed by atoms with Gasteiger partial charge in [0.1, 0.15) is 5.75 Å². The molecule has 1 saturated heterocycles. The standard InChI is InChI=1S/C20H24ClN2O9P/c1-3-28-17(25)13-30-33(27,32-14-7-5-4-6-8-14)29-12-15-11-20(2,21)18(31-15)23-10-9-16(24)22-19(23)26/h4-10,15,18H,3,11-13H2,1-2H3,(H,22,24,26). The number of nitrogens with zero attached hydrogens (tertiary/aromatic N) is 1. The zero-order valence-corrected chi connectivity index (χ0v) is 19.6. The number of esters is 1. The Morgan fingerprint density at radius 2 is 2.00 bits per heavy atom. The van der Waals surface area contributed by atoms with Gasteiger partial charge in [0.25, 0.3) is 5.56 Å². The van der Waals surface area contributed by atoms with Crippen molar-refractivity contribution in [2.24, 2.45) is 0 Å². The average Bonchev–Trinajstić information content (AvgIpc) is 3.06. The van der Waals surface area contributed by atoms with Gasteiger partial charge in [-0.2, -0.15) is 0 Å². The van der Waals surface area contributed by atoms with Crippen LogP contribution in [0.1, 0.15) is 26.5 Å². The van der Waals surface area contributed by atoms with Crippen LogP contribution in [0.25, 0.3) is 0 Å². The number of phosphoric ester groups is 1. The summed E-state index contributed by atoms with van der Waals surface area (Å²) in [7, 11) is -4.26. The predicted octanol–water partition coefficient (Wildman–Crippen LogP) is 2.61. The third-order valence-electron chi connectivity index (χ3n) is 4.59. The van der Waals surface area contributed by atoms with Crippen LogP contribution in [0.2, 0.25) is 0 Å². The van der Waals surface area contributed by atoms with Gasteiger partial charge in [0.2, 0.25) is 0 Å². The summed E-state index contributed by atoms with van der Waals surface area (Å²) in [4.78, 5) is 36.3. The van der Waals surface area contributed by atoms with Gasteiger partial charge in [-0.25, -0.2) is 14.2 Å². The lowest BCUT2D eigenvalue weighted by Gasteiger charge is -2.24. The van der Waals surface area contributed by atoms with Gasteiger partial charge in [-0.15, -0.1) is 11.6 Å². The van der Waals surface area contributed by atoms with Gasteiger partial charge in [-0.3, -0.25) is 23.4 Å². The van der Waals surface area contributed by atoms with Crippen molar-refractivity contribution in [1.29, 1.82) is 0 Å². The van der Waals surface area contributed by atoms with E-state index in [0.29, 0.717) is 0 Å². The first kappa shape index (κ1) is 25.2. The van der Waals surface area contributed by atoms with Gasteiger partial charge in [-0.1, -0.05) is 18.2 Å². The summed E-state index contributed by atoms with van der Waals surface area (Å²) < 4.78 is 41.0. The lowest BCUT2D eigenvalue weighted by atomic mass is 10.1. The van der Waals surface area contributed by atoms with Crippen LogP contribution in [0.4, 0.5) is 0 Å². The monoisotopic (exact) mass is 502 g/mol. The predicted molar refractivity (Wildman–Crippen MR) is 117 cm³/mol. The summed E-state index contributed by atoms with van der Waals surface area (Å²) in [6, 6.07) is 9.33. The highest BCUT2D eigenvalue weighted by atomic mass is 35.5. The zero-order chi connectivity index (χ0) is 24.1. The van der Waals surface area contributed by atoms with E-state index in [1.807, 2.05) is 0 Å². The molecule has 0 aliphatic carbocycles. The van der Waals surface area contributed by atoms with Crippen LogP contribution in [-0.2, 0) is 27.9 Å². The number of aromatic amines is 1. The van der Waals surface area contributed by atoms with Crippen molar-refractivity contribution >= 4 is 25.4 Å². The number of halogens is 1. The minimum Gasteiger partial charge on any atom is -0.464 e. The summed E-state index contributed by atoms with van der Waals surface area (Å²) in [5.41, 5.74) is -1.24. The van der Waals surface area contributed by atoms with Crippen molar-refractivity contribution in [2.45, 2.75) is 37.5 Å². The van der Waals surface area contributed by atoms with Crippen LogP contribution in [-0.4, -0.2) is 46.3 Å². The van der Waals surface area contributed by atoms with Gasteiger partial charge in [-0.05, 0) is 32.4 Å². The molecule has 180 valence electrons. The fourth-order valence-corrected chi connectivity index (χ4v) is 4.69. The second-order valence-electron chi connectivity index (χ2n) is 7.34. The second kappa shape index (κ2) is 10.7. The molecule has 4 unspecified atom stereocenters. The van der Waals surface area contributed by atoms with Crippen LogP contribution >= 0.6 is 19.4 Å². The maximum absolute atomic E-state index is 13.2. The first-order chi connectivity index (χ1) is 15.6. The largest absolute Gasteiger partial charge is 0.530 e. The van der Waals surface area contributed by atoms with Crippen LogP contribution < -0.4 is 15.8 Å². The zero-order valence-electron chi connectivity index (χ0n) is 18.0. The Morgan fingerprint density at radius 3 is 2.67 bits per heavy atom. The Hall–Kier alpha value is -2.43. The molecule has 3 rings (SSSR count). The second-order valence-corrected chi connectivity index (χ2v) is 9.79. The smallest absolute Gasteiger partial charge is 0.464 e. The number of aromatic nitrogens is 2. The molecule has 2 heterocycles. The highest BCUT2D eigenvalue weighted by molar-refractivity contribution is 7.49. The Labute approximate surface area is 194 Å². The molecule has 0 radical (unpaired) electrons. The van der Waals surface area contributed by atoms with Gasteiger partial charge < -0.3 is 14.0 Å². The van der Waals surface area contributed by atoms with E-state index in [4.69, 9.17) is 34.6 Å². The van der Waals surface area contributed by atoms with Crippen LogP contribution in [0.5, 0.6) is 5.75 Å². The molecule has 1 aliphatic heterocycles. The number of hydrogen-bond acceptors (Lipinski definition) is 9. The Balaban J connectivity index is 1.71. The number of alkyl halides is 1. The Morgan fingerprint density at radius 1 is 1.27 bits per heavy atom. The maximum Gasteiger partial charge on any atom is 0.530 e. The number of hydrogen-bond donors (Lipinski definition) is 1. The SMILES string of the molecule is CCOC(=O)COP(=O)(OCC1CC(C)(Cl)C(n2ccc(=O)[nH]c2=O)O1)Oc1ccccc1. The molecule has 1 N–H and O–H groups in total. The van der Waals surface area contributed by atoms with E-state index in [2.05, 4.69) is 4.98 Å². The lowest BCUT2D eigenvalue weighted by molar-refractivity contribution is -0.146. The summed E-state index contributed by atoms with van der Waals surface area (Å²) >= 11 is 6.57. The van der Waals surface area contributed by atoms with E-state index in [1.54, 1.807) is 44.2 Å². The van der Waals surface area contributed by atoms with Crippen LogP contribution in [0, 0.1) is 0 Å². The fourth-order valence-electron chi connectivity index (χ4n) is 3.19. The third-order valence-corrected chi connectivity index (χ3v) is 6.28. The summed E-state index contributed by atoms with van der Waals surface area (Å²) in [5, 5.41) is 0. The highest BCUT2D eigenvalue weighted by Gasteiger charge is 2.46. The van der Waals surface area contributed by atoms with E-state index in [1.165, 1.54) is 12.3 Å². The normalized spacial score (nSPS) is 24.2. The molecule has 0 bridgehead atoms. The van der Waals surface area contributed by atoms with Crippen molar-refractivity contribution in [3.63, 3.8) is 0 Å². The number of H-pyrrole nitrogens is 1. The number of para-hydroxylation sites is 1. The summed E-state index contributed by atoms with van der Waals surface area (Å²) in [6.45, 7) is 2.49. The van der Waals surface area contributed by atoms with E-state index < -0.39 is 48.9 Å². The number of nitrogens with one attached hydrogen (secondary N) is 1. The molecular formula is C20H24ClN2O9P. The average molecular weight is 503 g/mol. The number of carbonyl (C=O) groups excluding carboxylic acids is 1. The lowest BCUT2D eigenvalue weighted by Crippen LogP contribution is -2.37. The molecule has 2 aromatic rings. The van der Waals surface area contributed by atoms with E-state index in [-0.39, 0.29) is 25.4 Å². The van der Waals surface area contributed by atoms with Gasteiger partial charge in [0, 0.05) is 12.3 Å². The molecule has 33 heavy (non-hydrogen) atoms. The molecule has 1 aromatic carbocycles. The van der Waals surface area contributed by atoms with Crippen molar-refractivity contribution in [1.82, 2.24) is 9.55 Å². The molecule has 4 atom stereocenters. The molecule has 1 aromatic heterocycles. The first-order valence-electron chi connectivity index (χ1n) is 10.1. The van der Waals surface area contributed by atoms with E-state index in [0.717, 1.165) is 4.57 Å². The van der Waals surface area contributed by atoms with Crippen LogP contribution in [0.3, 0.4) is 0 Å². The first-order valence-corrected chi connectivity index (χ1v) is 11.9. The topological polar surface area (TPSA) is 135 Å². The number of phosphoric acid groups is 1. The van der Waals surface area contributed by atoms with Gasteiger partial charge in [0.15, 0.2) is 12.8 Å². The number of ether oxygens (including phenoxy) is 2. The minimum absolute atomic E-state index is 0.128. The molecule has 0 saturated carbocycles. The highest BCUT2D eigenvalue weighted by Crippen LogP contribution is 2.51. The molecule has 0 spiro atoms. The minimum atomic E-state index is -4.26. The Kier molecular flexibility index (Phi) is 8.14. The van der Waals surface area contributed by atoms with Crippen LogP contribution in [0.15, 0.2) is 52.2 Å². The fraction of sp³-hybridized carbons (Fsp3) is 0.450.